The molecule has 3 rings (SSSR count). The van der Waals surface area contributed by atoms with Crippen LogP contribution in [0.25, 0.3) is 11.3 Å². The molecule has 134 valence electrons. The molecule has 1 amide bonds. The summed E-state index contributed by atoms with van der Waals surface area (Å²) >= 11 is 1.66. The summed E-state index contributed by atoms with van der Waals surface area (Å²) in [5, 5.41) is 6.07. The number of nitrogens with one attached hydrogen (secondary N) is 1. The number of anilines is 1. The van der Waals surface area contributed by atoms with E-state index in [1.807, 2.05) is 25.3 Å². The molecule has 0 atom stereocenters. The van der Waals surface area contributed by atoms with E-state index in [1.165, 1.54) is 0 Å². The zero-order valence-electron chi connectivity index (χ0n) is 14.6. The predicted molar refractivity (Wildman–Crippen MR) is 104 cm³/mol. The van der Waals surface area contributed by atoms with Gasteiger partial charge in [-0.15, -0.1) is 11.3 Å². The van der Waals surface area contributed by atoms with Gasteiger partial charge in [0.25, 0.3) is 5.91 Å². The van der Waals surface area contributed by atoms with Crippen LogP contribution in [0.15, 0.2) is 42.2 Å². The lowest BCUT2D eigenvalue weighted by molar-refractivity contribution is 0.0953. The van der Waals surface area contributed by atoms with Gasteiger partial charge in [0, 0.05) is 36.1 Å². The summed E-state index contributed by atoms with van der Waals surface area (Å²) in [6.45, 7) is 2.46. The first kappa shape index (κ1) is 18.0. The molecule has 0 aromatic carbocycles. The minimum atomic E-state index is -0.166. The number of carbonyl (C=O) groups excluding carboxylic acids is 1. The zero-order valence-corrected chi connectivity index (χ0v) is 15.4. The van der Waals surface area contributed by atoms with Gasteiger partial charge in [-0.05, 0) is 49.9 Å². The Bertz CT molecular complexity index is 858. The van der Waals surface area contributed by atoms with Crippen LogP contribution >= 0.6 is 11.3 Å². The molecule has 0 aliphatic heterocycles. The van der Waals surface area contributed by atoms with Crippen molar-refractivity contribution in [2.24, 2.45) is 0 Å². The summed E-state index contributed by atoms with van der Waals surface area (Å²) in [5.74, 6) is 0.106. The monoisotopic (exact) mass is 367 g/mol. The highest BCUT2D eigenvalue weighted by molar-refractivity contribution is 7.09. The van der Waals surface area contributed by atoms with Gasteiger partial charge in [0.15, 0.2) is 0 Å². The summed E-state index contributed by atoms with van der Waals surface area (Å²) < 4.78 is 0. The molecular formula is C19H21N5OS. The third-order valence-electron chi connectivity index (χ3n) is 4.03. The summed E-state index contributed by atoms with van der Waals surface area (Å²) in [4.78, 5) is 25.0. The van der Waals surface area contributed by atoms with Crippen LogP contribution in [-0.4, -0.2) is 27.4 Å². The number of thiazole rings is 1. The van der Waals surface area contributed by atoms with Crippen LogP contribution in [-0.2, 0) is 6.42 Å². The molecule has 3 aromatic heterocycles. The van der Waals surface area contributed by atoms with Crippen molar-refractivity contribution in [1.29, 1.82) is 0 Å². The number of unbranched alkanes of at least 4 members (excludes halogenated alkanes) is 1. The molecule has 0 saturated heterocycles. The predicted octanol–water partition coefficient (Wildman–Crippen LogP) is 3.24. The van der Waals surface area contributed by atoms with Crippen LogP contribution in [0.5, 0.6) is 0 Å². The van der Waals surface area contributed by atoms with Crippen LogP contribution < -0.4 is 11.1 Å². The van der Waals surface area contributed by atoms with Gasteiger partial charge in [-0.3, -0.25) is 9.78 Å². The first-order chi connectivity index (χ1) is 12.6. The van der Waals surface area contributed by atoms with Crippen LogP contribution in [0.1, 0.15) is 33.8 Å². The Balaban J connectivity index is 1.44. The molecule has 3 aromatic rings. The third kappa shape index (κ3) is 4.43. The molecule has 7 heteroatoms. The largest absolute Gasteiger partial charge is 0.383 e. The number of rotatable bonds is 7. The molecule has 0 unspecified atom stereocenters. The smallest absolute Gasteiger partial charge is 0.255 e. The molecule has 0 spiro atoms. The summed E-state index contributed by atoms with van der Waals surface area (Å²) in [5.41, 5.74) is 9.10. The van der Waals surface area contributed by atoms with Gasteiger partial charge in [-0.25, -0.2) is 9.97 Å². The van der Waals surface area contributed by atoms with E-state index in [0.717, 1.165) is 41.1 Å². The number of hydrogen-bond acceptors (Lipinski definition) is 6. The van der Waals surface area contributed by atoms with Crippen molar-refractivity contribution < 1.29 is 4.79 Å². The second-order valence-corrected chi connectivity index (χ2v) is 6.91. The van der Waals surface area contributed by atoms with Crippen molar-refractivity contribution in [3.05, 3.63) is 58.3 Å². The van der Waals surface area contributed by atoms with Crippen molar-refractivity contribution >= 4 is 23.1 Å². The van der Waals surface area contributed by atoms with Crippen LogP contribution in [0, 0.1) is 6.92 Å². The van der Waals surface area contributed by atoms with Gasteiger partial charge in [-0.2, -0.15) is 0 Å². The average Bonchev–Trinajstić information content (AvgIpc) is 3.11. The lowest BCUT2D eigenvalue weighted by Gasteiger charge is -2.09. The van der Waals surface area contributed by atoms with Crippen molar-refractivity contribution in [3.8, 4) is 11.3 Å². The normalized spacial score (nSPS) is 10.7. The number of aryl methyl sites for hydroxylation is 2. The molecule has 3 N–H and O–H groups in total. The first-order valence-corrected chi connectivity index (χ1v) is 9.37. The Kier molecular flexibility index (Phi) is 5.91. The van der Waals surface area contributed by atoms with Crippen molar-refractivity contribution in [2.75, 3.05) is 12.3 Å². The quantitative estimate of drug-likeness (QED) is 0.625. The highest BCUT2D eigenvalue weighted by Crippen LogP contribution is 2.21. The number of hydrogen-bond donors (Lipinski definition) is 2. The van der Waals surface area contributed by atoms with E-state index in [-0.39, 0.29) is 11.7 Å². The minimum absolute atomic E-state index is 0.166. The molecule has 0 fully saturated rings. The highest BCUT2D eigenvalue weighted by Gasteiger charge is 2.12. The number of pyridine rings is 2. The van der Waals surface area contributed by atoms with Gasteiger partial charge in [0.2, 0.25) is 0 Å². The van der Waals surface area contributed by atoms with E-state index < -0.39 is 0 Å². The van der Waals surface area contributed by atoms with Gasteiger partial charge >= 0.3 is 0 Å². The minimum Gasteiger partial charge on any atom is -0.383 e. The maximum absolute atomic E-state index is 12.2. The van der Waals surface area contributed by atoms with E-state index in [2.05, 4.69) is 25.6 Å². The molecule has 3 heterocycles. The molecule has 0 radical (unpaired) electrons. The van der Waals surface area contributed by atoms with Gasteiger partial charge in [-0.1, -0.05) is 0 Å². The number of nitrogen functional groups attached to an aromatic ring is 1. The standard InChI is InChI=1S/C19H21N5OS/c1-13-7-10-22-18(20)17(13)19(25)23-9-3-2-6-16-24-15(12-26-16)14-5-4-8-21-11-14/h4-5,7-8,10-12H,2-3,6,9H2,1H3,(H2,20,22)(H,23,25). The lowest BCUT2D eigenvalue weighted by Crippen LogP contribution is -2.26. The number of nitrogens with zero attached hydrogens (tertiary/aromatic N) is 3. The van der Waals surface area contributed by atoms with Gasteiger partial charge in [0.05, 0.1) is 16.3 Å². The SMILES string of the molecule is Cc1ccnc(N)c1C(=O)NCCCCc1nc(-c2cccnc2)cs1. The van der Waals surface area contributed by atoms with E-state index in [4.69, 9.17) is 5.73 Å². The molecule has 26 heavy (non-hydrogen) atoms. The molecule has 0 saturated carbocycles. The van der Waals surface area contributed by atoms with Crippen LogP contribution in [0.4, 0.5) is 5.82 Å². The van der Waals surface area contributed by atoms with E-state index in [1.54, 1.807) is 29.8 Å². The summed E-state index contributed by atoms with van der Waals surface area (Å²) in [6.07, 6.45) is 7.92. The van der Waals surface area contributed by atoms with Gasteiger partial charge < -0.3 is 11.1 Å². The van der Waals surface area contributed by atoms with E-state index in [0.29, 0.717) is 12.1 Å². The third-order valence-corrected chi connectivity index (χ3v) is 4.94. The fourth-order valence-electron chi connectivity index (χ4n) is 2.64. The molecule has 0 aliphatic rings. The maximum atomic E-state index is 12.2. The Morgan fingerprint density at radius 1 is 1.27 bits per heavy atom. The second-order valence-electron chi connectivity index (χ2n) is 5.97. The molecular weight excluding hydrogens is 346 g/mol. The fourth-order valence-corrected chi connectivity index (χ4v) is 3.49. The van der Waals surface area contributed by atoms with Crippen molar-refractivity contribution in [3.63, 3.8) is 0 Å². The number of carbonyl (C=O) groups is 1. The van der Waals surface area contributed by atoms with Crippen LogP contribution in [0.3, 0.4) is 0 Å². The number of aromatic nitrogens is 3. The number of amides is 1. The molecule has 0 aliphatic carbocycles. The average molecular weight is 367 g/mol. The fraction of sp³-hybridized carbons (Fsp3) is 0.263. The molecule has 6 nitrogen and oxygen atoms in total. The Morgan fingerprint density at radius 3 is 2.92 bits per heavy atom. The van der Waals surface area contributed by atoms with E-state index >= 15 is 0 Å². The summed E-state index contributed by atoms with van der Waals surface area (Å²) in [6, 6.07) is 5.70. The topological polar surface area (TPSA) is 93.8 Å². The van der Waals surface area contributed by atoms with E-state index in [9.17, 15) is 4.79 Å². The van der Waals surface area contributed by atoms with Crippen LogP contribution in [0.2, 0.25) is 0 Å². The second kappa shape index (κ2) is 8.53. The van der Waals surface area contributed by atoms with Crippen molar-refractivity contribution in [2.45, 2.75) is 26.2 Å². The number of nitrogens with two attached hydrogens (primary N) is 1. The first-order valence-electron chi connectivity index (χ1n) is 8.49. The Labute approximate surface area is 156 Å². The highest BCUT2D eigenvalue weighted by atomic mass is 32.1. The maximum Gasteiger partial charge on any atom is 0.255 e. The molecule has 0 bridgehead atoms. The van der Waals surface area contributed by atoms with Crippen molar-refractivity contribution in [1.82, 2.24) is 20.3 Å². The Hall–Kier alpha value is -2.80. The zero-order chi connectivity index (χ0) is 18.4. The van der Waals surface area contributed by atoms with Gasteiger partial charge in [0.1, 0.15) is 5.82 Å². The summed E-state index contributed by atoms with van der Waals surface area (Å²) in [7, 11) is 0. The Morgan fingerprint density at radius 2 is 2.15 bits per heavy atom. The lowest BCUT2D eigenvalue weighted by atomic mass is 10.1.